The average molecular weight is 353 g/mol. The Bertz CT molecular complexity index is 528. The van der Waals surface area contributed by atoms with E-state index in [2.05, 4.69) is 29.4 Å². The number of likely N-dealkylation sites (N-methyl/N-ethyl adjacent to an activating group) is 1. The molecule has 1 heterocycles. The molecule has 0 bridgehead atoms. The fraction of sp³-hybridized carbons (Fsp3) is 0.611. The molecule has 1 aliphatic rings. The summed E-state index contributed by atoms with van der Waals surface area (Å²) < 4.78 is 4.93. The average Bonchev–Trinajstić information content (AvgIpc) is 2.60. The van der Waals surface area contributed by atoms with Crippen LogP contribution in [0, 0.1) is 0 Å². The molecule has 1 atom stereocenters. The van der Waals surface area contributed by atoms with Crippen molar-refractivity contribution in [1.29, 1.82) is 0 Å². The van der Waals surface area contributed by atoms with Crippen molar-refractivity contribution >= 4 is 17.7 Å². The Hall–Kier alpha value is -1.24. The summed E-state index contributed by atoms with van der Waals surface area (Å²) in [7, 11) is 3.76. The predicted octanol–water partition coefficient (Wildman–Crippen LogP) is 2.46. The van der Waals surface area contributed by atoms with Gasteiger partial charge in [0.15, 0.2) is 0 Å². The van der Waals surface area contributed by atoms with Gasteiger partial charge in [-0.3, -0.25) is 4.79 Å². The van der Waals surface area contributed by atoms with Crippen molar-refractivity contribution in [2.45, 2.75) is 36.3 Å². The van der Waals surface area contributed by atoms with Gasteiger partial charge in [0.1, 0.15) is 11.8 Å². The van der Waals surface area contributed by atoms with Gasteiger partial charge in [-0.1, -0.05) is 19.1 Å². The largest absolute Gasteiger partial charge is 0.497 e. The maximum Gasteiger partial charge on any atom is 0.322 e. The summed E-state index contributed by atoms with van der Waals surface area (Å²) in [5.74, 6) is 0.903. The van der Waals surface area contributed by atoms with Crippen LogP contribution in [-0.4, -0.2) is 60.6 Å². The molecule has 0 spiro atoms. The Morgan fingerprint density at radius 1 is 1.38 bits per heavy atom. The summed E-state index contributed by atoms with van der Waals surface area (Å²) in [4.78, 5) is 14.1. The topological polar surface area (TPSA) is 61.8 Å². The SMILES string of the molecule is CCN[C@H](C(=O)O)C1(SCc2ccc(OC)cc2)CCN(C)CC1. The van der Waals surface area contributed by atoms with E-state index in [1.165, 1.54) is 5.56 Å². The molecule has 1 aliphatic heterocycles. The quantitative estimate of drug-likeness (QED) is 0.749. The third-order valence-electron chi connectivity index (χ3n) is 4.70. The van der Waals surface area contributed by atoms with Crippen molar-refractivity contribution in [1.82, 2.24) is 10.2 Å². The number of carbonyl (C=O) groups is 1. The Morgan fingerprint density at radius 3 is 2.50 bits per heavy atom. The molecule has 1 aromatic rings. The first-order chi connectivity index (χ1) is 11.5. The number of piperidine rings is 1. The number of thioether (sulfide) groups is 1. The van der Waals surface area contributed by atoms with Gasteiger partial charge < -0.3 is 20.1 Å². The zero-order chi connectivity index (χ0) is 17.6. The number of hydrogen-bond acceptors (Lipinski definition) is 5. The van der Waals surface area contributed by atoms with Gasteiger partial charge in [-0.05, 0) is 57.2 Å². The van der Waals surface area contributed by atoms with Crippen LogP contribution in [-0.2, 0) is 10.5 Å². The van der Waals surface area contributed by atoms with Crippen molar-refractivity contribution in [2.24, 2.45) is 0 Å². The van der Waals surface area contributed by atoms with Crippen molar-refractivity contribution in [3.63, 3.8) is 0 Å². The summed E-state index contributed by atoms with van der Waals surface area (Å²) in [6.07, 6.45) is 1.77. The van der Waals surface area contributed by atoms with Gasteiger partial charge in [-0.25, -0.2) is 0 Å². The maximum atomic E-state index is 11.9. The molecule has 24 heavy (non-hydrogen) atoms. The van der Waals surface area contributed by atoms with Crippen LogP contribution in [0.2, 0.25) is 0 Å². The lowest BCUT2D eigenvalue weighted by Crippen LogP contribution is -2.57. The van der Waals surface area contributed by atoms with Crippen LogP contribution in [0.5, 0.6) is 5.75 Å². The summed E-state index contributed by atoms with van der Waals surface area (Å²) in [6.45, 7) is 4.50. The number of methoxy groups -OCH3 is 1. The molecule has 0 radical (unpaired) electrons. The molecular formula is C18H28N2O3S. The van der Waals surface area contributed by atoms with E-state index in [9.17, 15) is 9.90 Å². The first-order valence-corrected chi connectivity index (χ1v) is 9.41. The van der Waals surface area contributed by atoms with Gasteiger partial charge in [0.05, 0.1) is 7.11 Å². The van der Waals surface area contributed by atoms with Crippen molar-refractivity contribution in [2.75, 3.05) is 33.8 Å². The number of ether oxygens (including phenoxy) is 1. The van der Waals surface area contributed by atoms with E-state index < -0.39 is 12.0 Å². The first kappa shape index (κ1) is 19.1. The lowest BCUT2D eigenvalue weighted by atomic mass is 9.88. The van der Waals surface area contributed by atoms with Crippen LogP contribution >= 0.6 is 11.8 Å². The van der Waals surface area contributed by atoms with Crippen LogP contribution in [0.1, 0.15) is 25.3 Å². The van der Waals surface area contributed by atoms with E-state index in [-0.39, 0.29) is 4.75 Å². The summed E-state index contributed by atoms with van der Waals surface area (Å²) in [5, 5.41) is 13.0. The summed E-state index contributed by atoms with van der Waals surface area (Å²) in [5.41, 5.74) is 1.19. The molecule has 2 rings (SSSR count). The highest BCUT2D eigenvalue weighted by Crippen LogP contribution is 2.41. The Labute approximate surface area is 148 Å². The first-order valence-electron chi connectivity index (χ1n) is 8.42. The maximum absolute atomic E-state index is 11.9. The minimum absolute atomic E-state index is 0.270. The van der Waals surface area contributed by atoms with Gasteiger partial charge >= 0.3 is 5.97 Å². The lowest BCUT2D eigenvalue weighted by molar-refractivity contribution is -0.140. The van der Waals surface area contributed by atoms with E-state index >= 15 is 0 Å². The van der Waals surface area contributed by atoms with E-state index in [0.29, 0.717) is 6.54 Å². The second-order valence-corrected chi connectivity index (χ2v) is 7.72. The molecule has 2 N–H and O–H groups in total. The Kier molecular flexibility index (Phi) is 6.95. The fourth-order valence-electron chi connectivity index (χ4n) is 3.16. The predicted molar refractivity (Wildman–Crippen MR) is 98.9 cm³/mol. The number of rotatable bonds is 8. The number of nitrogens with zero attached hydrogens (tertiary/aromatic N) is 1. The van der Waals surface area contributed by atoms with Gasteiger partial charge in [0.2, 0.25) is 0 Å². The smallest absolute Gasteiger partial charge is 0.322 e. The van der Waals surface area contributed by atoms with Gasteiger partial charge in [-0.2, -0.15) is 0 Å². The standard InChI is InChI=1S/C18H28N2O3S/c1-4-19-16(17(21)22)18(9-11-20(2)12-10-18)24-13-14-5-7-15(23-3)8-6-14/h5-8,16,19H,4,9-13H2,1-3H3,(H,21,22)/t16-/m1/s1. The highest BCUT2D eigenvalue weighted by Gasteiger charge is 2.44. The third kappa shape index (κ3) is 4.65. The minimum Gasteiger partial charge on any atom is -0.497 e. The van der Waals surface area contributed by atoms with Gasteiger partial charge in [-0.15, -0.1) is 11.8 Å². The van der Waals surface area contributed by atoms with Crippen molar-refractivity contribution in [3.8, 4) is 5.75 Å². The van der Waals surface area contributed by atoms with E-state index in [4.69, 9.17) is 4.74 Å². The number of benzene rings is 1. The van der Waals surface area contributed by atoms with Gasteiger partial charge in [0.25, 0.3) is 0 Å². The highest BCUT2D eigenvalue weighted by molar-refractivity contribution is 8.00. The third-order valence-corrected chi connectivity index (χ3v) is 6.40. The number of hydrogen-bond donors (Lipinski definition) is 2. The van der Waals surface area contributed by atoms with Crippen LogP contribution in [0.15, 0.2) is 24.3 Å². The van der Waals surface area contributed by atoms with Crippen LogP contribution in [0.3, 0.4) is 0 Å². The van der Waals surface area contributed by atoms with Crippen molar-refractivity contribution in [3.05, 3.63) is 29.8 Å². The zero-order valence-corrected chi connectivity index (χ0v) is 15.6. The normalized spacial score (nSPS) is 19.0. The monoisotopic (exact) mass is 352 g/mol. The Balaban J connectivity index is 2.14. The van der Waals surface area contributed by atoms with Crippen molar-refractivity contribution < 1.29 is 14.6 Å². The van der Waals surface area contributed by atoms with Gasteiger partial charge in [0, 0.05) is 10.5 Å². The Morgan fingerprint density at radius 2 is 2.00 bits per heavy atom. The number of nitrogens with one attached hydrogen (secondary N) is 1. The second-order valence-electron chi connectivity index (χ2n) is 6.33. The van der Waals surface area contributed by atoms with Crippen LogP contribution < -0.4 is 10.1 Å². The molecule has 0 unspecified atom stereocenters. The summed E-state index contributed by atoms with van der Waals surface area (Å²) >= 11 is 1.78. The number of aliphatic carboxylic acids is 1. The second kappa shape index (κ2) is 8.74. The minimum atomic E-state index is -0.747. The fourth-order valence-corrected chi connectivity index (χ4v) is 4.63. The molecule has 0 aromatic heterocycles. The van der Waals surface area contributed by atoms with Crippen LogP contribution in [0.4, 0.5) is 0 Å². The van der Waals surface area contributed by atoms with E-state index in [1.807, 2.05) is 19.1 Å². The van der Waals surface area contributed by atoms with E-state index in [1.54, 1.807) is 18.9 Å². The molecular weight excluding hydrogens is 324 g/mol. The molecule has 6 heteroatoms. The molecule has 0 saturated carbocycles. The number of likely N-dealkylation sites (tertiary alicyclic amines) is 1. The highest BCUT2D eigenvalue weighted by atomic mass is 32.2. The number of carboxylic acids is 1. The molecule has 0 aliphatic carbocycles. The molecule has 1 aromatic carbocycles. The van der Waals surface area contributed by atoms with Crippen LogP contribution in [0.25, 0.3) is 0 Å². The molecule has 1 saturated heterocycles. The molecule has 0 amide bonds. The summed E-state index contributed by atoms with van der Waals surface area (Å²) in [6, 6.07) is 7.50. The molecule has 1 fully saturated rings. The van der Waals surface area contributed by atoms with E-state index in [0.717, 1.165) is 37.4 Å². The number of carboxylic acid groups (broad SMARTS) is 1. The molecule has 5 nitrogen and oxygen atoms in total. The molecule has 134 valence electrons. The lowest BCUT2D eigenvalue weighted by Gasteiger charge is -2.44. The zero-order valence-electron chi connectivity index (χ0n) is 14.7.